The highest BCUT2D eigenvalue weighted by Gasteiger charge is 2.31. The monoisotopic (exact) mass is 436 g/mol. The number of hydrogen-bond acceptors (Lipinski definition) is 3. The Morgan fingerprint density at radius 1 is 1.03 bits per heavy atom. The zero-order valence-corrected chi connectivity index (χ0v) is 20.1. The van der Waals surface area contributed by atoms with Gasteiger partial charge in [0.15, 0.2) is 0 Å². The summed E-state index contributed by atoms with van der Waals surface area (Å²) in [5.41, 5.74) is 3.63. The average Bonchev–Trinajstić information content (AvgIpc) is 2.80. The van der Waals surface area contributed by atoms with Crippen LogP contribution in [0.2, 0.25) is 0 Å². The maximum Gasteiger partial charge on any atom is 0.123 e. The van der Waals surface area contributed by atoms with Crippen molar-refractivity contribution in [2.75, 3.05) is 0 Å². The molecular weight excluding hydrogens is 396 g/mol. The van der Waals surface area contributed by atoms with Gasteiger partial charge in [-0.3, -0.25) is 0 Å². The molecule has 2 aromatic rings. The van der Waals surface area contributed by atoms with Gasteiger partial charge in [0, 0.05) is 5.92 Å². The normalized spacial score (nSPS) is 21.3. The smallest absolute Gasteiger partial charge is 0.123 e. The maximum absolute atomic E-state index is 11.5. The van der Waals surface area contributed by atoms with Gasteiger partial charge in [-0.1, -0.05) is 88.9 Å². The molecule has 174 valence electrons. The minimum absolute atomic E-state index is 0.0779. The lowest BCUT2D eigenvalue weighted by atomic mass is 9.75. The van der Waals surface area contributed by atoms with E-state index in [1.807, 2.05) is 18.2 Å². The Morgan fingerprint density at radius 2 is 1.81 bits per heavy atom. The van der Waals surface area contributed by atoms with Crippen LogP contribution in [-0.4, -0.2) is 17.5 Å². The van der Waals surface area contributed by atoms with Crippen LogP contribution < -0.4 is 4.74 Å². The average molecular weight is 437 g/mol. The summed E-state index contributed by atoms with van der Waals surface area (Å²) in [7, 11) is 0. The van der Waals surface area contributed by atoms with Crippen LogP contribution in [0.25, 0.3) is 0 Å². The van der Waals surface area contributed by atoms with Crippen LogP contribution >= 0.6 is 0 Å². The van der Waals surface area contributed by atoms with E-state index in [1.165, 1.54) is 31.2 Å². The molecular formula is C29H40O3. The van der Waals surface area contributed by atoms with E-state index in [0.29, 0.717) is 19.4 Å². The highest BCUT2D eigenvalue weighted by atomic mass is 16.5. The molecule has 32 heavy (non-hydrogen) atoms. The molecule has 3 rings (SSSR count). The molecule has 2 aromatic carbocycles. The third-order valence-corrected chi connectivity index (χ3v) is 7.04. The third-order valence-electron chi connectivity index (χ3n) is 7.04. The van der Waals surface area contributed by atoms with E-state index < -0.39 is 6.10 Å². The third kappa shape index (κ3) is 6.68. The van der Waals surface area contributed by atoms with E-state index in [4.69, 9.17) is 4.74 Å². The molecule has 1 fully saturated rings. The lowest BCUT2D eigenvalue weighted by Crippen LogP contribution is -2.26. The number of unbranched alkanes of at least 4 members (excludes halogenated alkanes) is 3. The minimum atomic E-state index is -0.430. The van der Waals surface area contributed by atoms with Gasteiger partial charge in [0.1, 0.15) is 18.6 Å². The Hall–Kier alpha value is -2.13. The highest BCUT2D eigenvalue weighted by Crippen LogP contribution is 2.42. The highest BCUT2D eigenvalue weighted by molar-refractivity contribution is 5.54. The maximum atomic E-state index is 11.5. The lowest BCUT2D eigenvalue weighted by Gasteiger charge is -2.32. The number of aliphatic hydroxyl groups is 1. The summed E-state index contributed by atoms with van der Waals surface area (Å²) < 4.78 is 6.39. The number of benzene rings is 2. The van der Waals surface area contributed by atoms with E-state index in [9.17, 15) is 9.90 Å². The number of aldehydes is 1. The lowest BCUT2D eigenvalue weighted by molar-refractivity contribution is -0.113. The summed E-state index contributed by atoms with van der Waals surface area (Å²) in [6.45, 7) is 7.40. The van der Waals surface area contributed by atoms with Gasteiger partial charge in [0.25, 0.3) is 0 Å². The van der Waals surface area contributed by atoms with Gasteiger partial charge in [-0.05, 0) is 59.8 Å². The van der Waals surface area contributed by atoms with Gasteiger partial charge >= 0.3 is 0 Å². The fraction of sp³-hybridized carbons (Fsp3) is 0.552. The molecule has 1 N–H and O–H groups in total. The number of ether oxygens (including phenoxy) is 1. The van der Waals surface area contributed by atoms with E-state index in [1.54, 1.807) is 0 Å². The SMILES string of the molecule is CCCCCCC(C)(C)c1ccc([C@H]2C[C@@H](O)C[C@@H](C=O)C2)c(OCc2ccccc2)c1. The first kappa shape index (κ1) is 24.5. The number of carbonyl (C=O) groups excluding carboxylic acids is 1. The molecule has 0 radical (unpaired) electrons. The number of hydrogen-bond donors (Lipinski definition) is 1. The minimum Gasteiger partial charge on any atom is -0.489 e. The van der Waals surface area contributed by atoms with E-state index in [2.05, 4.69) is 51.1 Å². The topological polar surface area (TPSA) is 46.5 Å². The molecule has 3 nitrogen and oxygen atoms in total. The first-order valence-electron chi connectivity index (χ1n) is 12.4. The predicted octanol–water partition coefficient (Wildman–Crippen LogP) is 6.96. The number of rotatable bonds is 11. The Labute approximate surface area is 194 Å². The molecule has 0 aromatic heterocycles. The van der Waals surface area contributed by atoms with Crippen molar-refractivity contribution in [3.63, 3.8) is 0 Å². The van der Waals surface area contributed by atoms with Gasteiger partial charge < -0.3 is 14.6 Å². The van der Waals surface area contributed by atoms with E-state index in [-0.39, 0.29) is 17.3 Å². The summed E-state index contributed by atoms with van der Waals surface area (Å²) in [4.78, 5) is 11.5. The van der Waals surface area contributed by atoms with Gasteiger partial charge in [-0.25, -0.2) is 0 Å². The van der Waals surface area contributed by atoms with Crippen molar-refractivity contribution in [1.29, 1.82) is 0 Å². The van der Waals surface area contributed by atoms with Crippen molar-refractivity contribution in [2.45, 2.75) is 96.2 Å². The van der Waals surface area contributed by atoms with Gasteiger partial charge in [0.05, 0.1) is 6.10 Å². The second-order valence-corrected chi connectivity index (χ2v) is 10.2. The second kappa shape index (κ2) is 11.7. The molecule has 0 unspecified atom stereocenters. The first-order chi connectivity index (χ1) is 15.4. The summed E-state index contributed by atoms with van der Waals surface area (Å²) in [5, 5.41) is 10.4. The van der Waals surface area contributed by atoms with Crippen molar-refractivity contribution >= 4 is 6.29 Å². The standard InChI is InChI=1S/C29H40O3/c1-4-5-6-10-15-29(2,3)25-13-14-27(24-16-23(20-30)17-26(31)18-24)28(19-25)32-21-22-11-8-7-9-12-22/h7-9,11-14,19-20,23-24,26,31H,4-6,10,15-18,21H2,1-3H3/t23-,24+,26-/m0/s1. The van der Waals surface area contributed by atoms with Crippen molar-refractivity contribution in [3.8, 4) is 5.75 Å². The fourth-order valence-electron chi connectivity index (χ4n) is 4.99. The molecule has 0 saturated heterocycles. The summed E-state index contributed by atoms with van der Waals surface area (Å²) in [6.07, 6.45) is 8.83. The van der Waals surface area contributed by atoms with Crippen LogP contribution in [0.5, 0.6) is 5.75 Å². The Balaban J connectivity index is 1.85. The molecule has 1 aliphatic carbocycles. The van der Waals surface area contributed by atoms with Crippen molar-refractivity contribution in [2.24, 2.45) is 5.92 Å². The van der Waals surface area contributed by atoms with Crippen molar-refractivity contribution in [3.05, 3.63) is 65.2 Å². The molecule has 1 saturated carbocycles. The van der Waals surface area contributed by atoms with Crippen molar-refractivity contribution < 1.29 is 14.6 Å². The summed E-state index contributed by atoms with van der Waals surface area (Å²) >= 11 is 0. The largest absolute Gasteiger partial charge is 0.489 e. The zero-order chi connectivity index (χ0) is 23.0. The number of carbonyl (C=O) groups is 1. The molecule has 0 heterocycles. The first-order valence-corrected chi connectivity index (χ1v) is 12.4. The van der Waals surface area contributed by atoms with Crippen LogP contribution in [0.4, 0.5) is 0 Å². The molecule has 3 atom stereocenters. The van der Waals surface area contributed by atoms with Crippen LogP contribution in [0.1, 0.15) is 94.7 Å². The van der Waals surface area contributed by atoms with Crippen LogP contribution in [-0.2, 0) is 16.8 Å². The zero-order valence-electron chi connectivity index (χ0n) is 20.1. The van der Waals surface area contributed by atoms with Gasteiger partial charge in [0.2, 0.25) is 0 Å². The van der Waals surface area contributed by atoms with Crippen LogP contribution in [0.3, 0.4) is 0 Å². The van der Waals surface area contributed by atoms with Crippen LogP contribution in [0.15, 0.2) is 48.5 Å². The van der Waals surface area contributed by atoms with Crippen LogP contribution in [0, 0.1) is 5.92 Å². The van der Waals surface area contributed by atoms with Gasteiger partial charge in [-0.15, -0.1) is 0 Å². The Kier molecular flexibility index (Phi) is 8.92. The Bertz CT molecular complexity index is 843. The van der Waals surface area contributed by atoms with E-state index in [0.717, 1.165) is 36.0 Å². The second-order valence-electron chi connectivity index (χ2n) is 10.2. The summed E-state index contributed by atoms with van der Waals surface area (Å²) in [6, 6.07) is 16.9. The predicted molar refractivity (Wildman–Crippen MR) is 131 cm³/mol. The quantitative estimate of drug-likeness (QED) is 0.306. The molecule has 1 aliphatic rings. The molecule has 0 aliphatic heterocycles. The molecule has 0 bridgehead atoms. The molecule has 3 heteroatoms. The summed E-state index contributed by atoms with van der Waals surface area (Å²) in [5.74, 6) is 0.957. The Morgan fingerprint density at radius 3 is 2.53 bits per heavy atom. The van der Waals surface area contributed by atoms with Crippen molar-refractivity contribution in [1.82, 2.24) is 0 Å². The van der Waals surface area contributed by atoms with Gasteiger partial charge in [-0.2, -0.15) is 0 Å². The fourth-order valence-corrected chi connectivity index (χ4v) is 4.99. The van der Waals surface area contributed by atoms with E-state index >= 15 is 0 Å². The molecule has 0 amide bonds. The molecule has 0 spiro atoms. The number of aliphatic hydroxyl groups excluding tert-OH is 1.